The molecule has 0 amide bonds. The summed E-state index contributed by atoms with van der Waals surface area (Å²) in [7, 11) is 0. The summed E-state index contributed by atoms with van der Waals surface area (Å²) in [4.78, 5) is 10.7. The molecule has 0 spiro atoms. The van der Waals surface area contributed by atoms with Crippen molar-refractivity contribution in [1.82, 2.24) is 10.2 Å². The van der Waals surface area contributed by atoms with E-state index in [0.717, 1.165) is 0 Å². The van der Waals surface area contributed by atoms with E-state index in [2.05, 4.69) is 10.2 Å². The van der Waals surface area contributed by atoms with Gasteiger partial charge in [-0.05, 0) is 6.07 Å². The first-order valence-corrected chi connectivity index (χ1v) is 4.71. The predicted molar refractivity (Wildman–Crippen MR) is 50.0 cm³/mol. The van der Waals surface area contributed by atoms with Gasteiger partial charge in [0.15, 0.2) is 0 Å². The second-order valence-corrected chi connectivity index (χ2v) is 4.29. The van der Waals surface area contributed by atoms with E-state index in [4.69, 9.17) is 5.11 Å². The standard InChI is InChI=1S/C8H10N2O2S/c1-5(2)13-7-6(8(11)12)3-4-9-10-7/h3-5H,1-2H3,(H,11,12). The van der Waals surface area contributed by atoms with Gasteiger partial charge in [-0.2, -0.15) is 5.10 Å². The molecule has 1 aromatic rings. The molecule has 0 aliphatic heterocycles. The Kier molecular flexibility index (Phi) is 3.25. The average Bonchev–Trinajstić information content (AvgIpc) is 2.03. The summed E-state index contributed by atoms with van der Waals surface area (Å²) in [5.74, 6) is -0.960. The molecule has 0 saturated carbocycles. The fourth-order valence-corrected chi connectivity index (χ4v) is 1.61. The number of carbonyl (C=O) groups is 1. The van der Waals surface area contributed by atoms with Crippen molar-refractivity contribution in [2.75, 3.05) is 0 Å². The molecule has 0 aromatic carbocycles. The SMILES string of the molecule is CC(C)Sc1nnccc1C(=O)O. The Morgan fingerprint density at radius 1 is 1.62 bits per heavy atom. The molecule has 0 aliphatic carbocycles. The Balaban J connectivity index is 2.98. The lowest BCUT2D eigenvalue weighted by Crippen LogP contribution is -2.03. The lowest BCUT2D eigenvalue weighted by Gasteiger charge is -2.04. The molecule has 0 unspecified atom stereocenters. The van der Waals surface area contributed by atoms with Gasteiger partial charge in [0.2, 0.25) is 0 Å². The minimum absolute atomic E-state index is 0.216. The van der Waals surface area contributed by atoms with Crippen molar-refractivity contribution in [3.05, 3.63) is 17.8 Å². The van der Waals surface area contributed by atoms with Gasteiger partial charge < -0.3 is 5.11 Å². The second-order valence-electron chi connectivity index (χ2n) is 2.72. The van der Waals surface area contributed by atoms with E-state index in [1.165, 1.54) is 24.0 Å². The summed E-state index contributed by atoms with van der Waals surface area (Å²) in [6.07, 6.45) is 1.38. The molecular formula is C8H10N2O2S. The quantitative estimate of drug-likeness (QED) is 0.748. The van der Waals surface area contributed by atoms with E-state index in [9.17, 15) is 4.79 Å². The number of carboxylic acid groups (broad SMARTS) is 1. The van der Waals surface area contributed by atoms with Crippen LogP contribution >= 0.6 is 11.8 Å². The second kappa shape index (κ2) is 4.23. The molecule has 0 fully saturated rings. The zero-order valence-corrected chi connectivity index (χ0v) is 8.21. The van der Waals surface area contributed by atoms with E-state index in [0.29, 0.717) is 10.3 Å². The highest BCUT2D eigenvalue weighted by molar-refractivity contribution is 7.99. The van der Waals surface area contributed by atoms with Gasteiger partial charge in [0.1, 0.15) is 5.03 Å². The number of rotatable bonds is 3. The number of nitrogens with zero attached hydrogens (tertiary/aromatic N) is 2. The van der Waals surface area contributed by atoms with Crippen LogP contribution in [0.4, 0.5) is 0 Å². The molecule has 1 aromatic heterocycles. The van der Waals surface area contributed by atoms with Gasteiger partial charge in [-0.1, -0.05) is 13.8 Å². The van der Waals surface area contributed by atoms with E-state index >= 15 is 0 Å². The molecule has 1 rings (SSSR count). The number of carboxylic acids is 1. The molecule has 5 heteroatoms. The van der Waals surface area contributed by atoms with Crippen LogP contribution < -0.4 is 0 Å². The van der Waals surface area contributed by atoms with Gasteiger partial charge >= 0.3 is 5.97 Å². The Labute approximate surface area is 80.4 Å². The number of aromatic carboxylic acids is 1. The van der Waals surface area contributed by atoms with Crippen LogP contribution in [0.5, 0.6) is 0 Å². The summed E-state index contributed by atoms with van der Waals surface area (Å²) in [5, 5.41) is 17.0. The molecule has 0 saturated heterocycles. The maximum atomic E-state index is 10.7. The first-order valence-electron chi connectivity index (χ1n) is 3.83. The van der Waals surface area contributed by atoms with Crippen LogP contribution in [-0.2, 0) is 0 Å². The van der Waals surface area contributed by atoms with Gasteiger partial charge in [0.05, 0.1) is 11.8 Å². The third-order valence-electron chi connectivity index (χ3n) is 1.26. The smallest absolute Gasteiger partial charge is 0.338 e. The predicted octanol–water partition coefficient (Wildman–Crippen LogP) is 1.68. The fraction of sp³-hybridized carbons (Fsp3) is 0.375. The van der Waals surface area contributed by atoms with Crippen LogP contribution in [0.3, 0.4) is 0 Å². The molecule has 0 aliphatic rings. The number of aromatic nitrogens is 2. The van der Waals surface area contributed by atoms with Gasteiger partial charge in [-0.15, -0.1) is 16.9 Å². The lowest BCUT2D eigenvalue weighted by molar-refractivity contribution is 0.0692. The summed E-state index contributed by atoms with van der Waals surface area (Å²) < 4.78 is 0. The molecule has 1 N–H and O–H groups in total. The maximum absolute atomic E-state index is 10.7. The first-order chi connectivity index (χ1) is 6.11. The summed E-state index contributed by atoms with van der Waals surface area (Å²) >= 11 is 1.40. The Morgan fingerprint density at radius 3 is 2.85 bits per heavy atom. The summed E-state index contributed by atoms with van der Waals surface area (Å²) in [6, 6.07) is 1.46. The van der Waals surface area contributed by atoms with Crippen molar-refractivity contribution in [3.63, 3.8) is 0 Å². The zero-order valence-electron chi connectivity index (χ0n) is 7.39. The molecule has 0 radical (unpaired) electrons. The van der Waals surface area contributed by atoms with Gasteiger partial charge in [-0.25, -0.2) is 4.79 Å². The van der Waals surface area contributed by atoms with Crippen LogP contribution in [0.2, 0.25) is 0 Å². The van der Waals surface area contributed by atoms with Crippen molar-refractivity contribution in [2.45, 2.75) is 24.1 Å². The minimum Gasteiger partial charge on any atom is -0.478 e. The van der Waals surface area contributed by atoms with Gasteiger partial charge in [0.25, 0.3) is 0 Å². The normalized spacial score (nSPS) is 10.4. The minimum atomic E-state index is -0.960. The number of hydrogen-bond acceptors (Lipinski definition) is 4. The number of hydrogen-bond donors (Lipinski definition) is 1. The van der Waals surface area contributed by atoms with E-state index < -0.39 is 5.97 Å². The summed E-state index contributed by atoms with van der Waals surface area (Å²) in [6.45, 7) is 3.95. The molecule has 70 valence electrons. The Bertz CT molecular complexity index is 315. The molecule has 4 nitrogen and oxygen atoms in total. The van der Waals surface area contributed by atoms with Crippen LogP contribution in [0, 0.1) is 0 Å². The van der Waals surface area contributed by atoms with Crippen molar-refractivity contribution in [3.8, 4) is 0 Å². The largest absolute Gasteiger partial charge is 0.478 e. The highest BCUT2D eigenvalue weighted by atomic mass is 32.2. The number of thioether (sulfide) groups is 1. The van der Waals surface area contributed by atoms with E-state index in [1.54, 1.807) is 0 Å². The molecule has 1 heterocycles. The topological polar surface area (TPSA) is 63.1 Å². The summed E-state index contributed by atoms with van der Waals surface area (Å²) in [5.41, 5.74) is 0.216. The average molecular weight is 198 g/mol. The molecule has 0 bridgehead atoms. The van der Waals surface area contributed by atoms with E-state index in [1.807, 2.05) is 13.8 Å². The lowest BCUT2D eigenvalue weighted by atomic mass is 10.3. The Morgan fingerprint density at radius 2 is 2.31 bits per heavy atom. The van der Waals surface area contributed by atoms with Crippen LogP contribution in [0.1, 0.15) is 24.2 Å². The highest BCUT2D eigenvalue weighted by Gasteiger charge is 2.12. The van der Waals surface area contributed by atoms with Crippen molar-refractivity contribution in [2.24, 2.45) is 0 Å². The van der Waals surface area contributed by atoms with Gasteiger partial charge in [0, 0.05) is 5.25 Å². The first kappa shape index (κ1) is 9.98. The fourth-order valence-electron chi connectivity index (χ4n) is 0.792. The maximum Gasteiger partial charge on any atom is 0.338 e. The molecule has 0 atom stereocenters. The molecular weight excluding hydrogens is 188 g/mol. The van der Waals surface area contributed by atoms with E-state index in [-0.39, 0.29) is 5.56 Å². The van der Waals surface area contributed by atoms with Crippen molar-refractivity contribution < 1.29 is 9.90 Å². The van der Waals surface area contributed by atoms with Gasteiger partial charge in [-0.3, -0.25) is 0 Å². The van der Waals surface area contributed by atoms with Crippen LogP contribution in [-0.4, -0.2) is 26.5 Å². The van der Waals surface area contributed by atoms with Crippen LogP contribution in [0.25, 0.3) is 0 Å². The van der Waals surface area contributed by atoms with Crippen molar-refractivity contribution in [1.29, 1.82) is 0 Å². The Hall–Kier alpha value is -1.10. The monoisotopic (exact) mass is 198 g/mol. The highest BCUT2D eigenvalue weighted by Crippen LogP contribution is 2.23. The molecule has 13 heavy (non-hydrogen) atoms. The third-order valence-corrected chi connectivity index (χ3v) is 2.26. The third kappa shape index (κ3) is 2.69. The zero-order chi connectivity index (χ0) is 9.84. The van der Waals surface area contributed by atoms with Crippen molar-refractivity contribution >= 4 is 17.7 Å². The van der Waals surface area contributed by atoms with Crippen LogP contribution in [0.15, 0.2) is 17.3 Å².